The SMILES string of the molecule is CSc1nc(N)cc(Oc2ccc(Br)cc2C)n1. The first-order valence-corrected chi connectivity index (χ1v) is 7.23. The number of halogens is 1. The van der Waals surface area contributed by atoms with Crippen molar-refractivity contribution in [3.8, 4) is 11.6 Å². The molecule has 0 radical (unpaired) electrons. The van der Waals surface area contributed by atoms with Crippen molar-refractivity contribution in [1.82, 2.24) is 9.97 Å². The molecule has 6 heteroatoms. The maximum atomic E-state index is 5.72. The third-order valence-corrected chi connectivity index (χ3v) is 3.28. The fourth-order valence-corrected chi connectivity index (χ4v) is 2.26. The van der Waals surface area contributed by atoms with Gasteiger partial charge in [-0.15, -0.1) is 0 Å². The maximum absolute atomic E-state index is 5.72. The Morgan fingerprint density at radius 2 is 2.06 bits per heavy atom. The van der Waals surface area contributed by atoms with Crippen LogP contribution in [0.25, 0.3) is 0 Å². The predicted octanol–water partition coefficient (Wildman–Crippen LogP) is 3.64. The lowest BCUT2D eigenvalue weighted by Gasteiger charge is -2.09. The molecule has 2 N–H and O–H groups in total. The Hall–Kier alpha value is -1.27. The Balaban J connectivity index is 2.30. The standard InChI is InChI=1S/C12H12BrN3OS/c1-7-5-8(13)3-4-9(7)17-11-6-10(14)15-12(16-11)18-2/h3-6H,1-2H3,(H2,14,15,16). The number of anilines is 1. The highest BCUT2D eigenvalue weighted by molar-refractivity contribution is 9.10. The predicted molar refractivity (Wildman–Crippen MR) is 77.2 cm³/mol. The van der Waals surface area contributed by atoms with E-state index in [1.807, 2.05) is 31.4 Å². The summed E-state index contributed by atoms with van der Waals surface area (Å²) in [5, 5.41) is 0.597. The number of nitrogens with zero attached hydrogens (tertiary/aromatic N) is 2. The first-order valence-electron chi connectivity index (χ1n) is 5.21. The van der Waals surface area contributed by atoms with Crippen molar-refractivity contribution in [2.24, 2.45) is 0 Å². The summed E-state index contributed by atoms with van der Waals surface area (Å²) in [4.78, 5) is 8.32. The molecule has 1 aromatic carbocycles. The molecule has 0 amide bonds. The van der Waals surface area contributed by atoms with Crippen LogP contribution in [0.15, 0.2) is 33.9 Å². The topological polar surface area (TPSA) is 61.0 Å². The number of aromatic nitrogens is 2. The molecule has 18 heavy (non-hydrogen) atoms. The molecule has 0 aliphatic carbocycles. The summed E-state index contributed by atoms with van der Waals surface area (Å²) < 4.78 is 6.74. The Kier molecular flexibility index (Phi) is 4.08. The van der Waals surface area contributed by atoms with E-state index in [0.29, 0.717) is 16.9 Å². The van der Waals surface area contributed by atoms with Gasteiger partial charge in [0.1, 0.15) is 11.6 Å². The zero-order valence-corrected chi connectivity index (χ0v) is 12.4. The van der Waals surface area contributed by atoms with E-state index in [2.05, 4.69) is 25.9 Å². The van der Waals surface area contributed by atoms with Crippen molar-refractivity contribution < 1.29 is 4.74 Å². The zero-order chi connectivity index (χ0) is 13.1. The molecule has 2 aromatic rings. The fraction of sp³-hybridized carbons (Fsp3) is 0.167. The molecular weight excluding hydrogens is 314 g/mol. The number of rotatable bonds is 3. The minimum absolute atomic E-state index is 0.402. The molecule has 0 aliphatic heterocycles. The van der Waals surface area contributed by atoms with Crippen LogP contribution in [-0.4, -0.2) is 16.2 Å². The molecule has 1 aromatic heterocycles. The molecule has 0 fully saturated rings. The van der Waals surface area contributed by atoms with Crippen LogP contribution in [0, 0.1) is 6.92 Å². The second kappa shape index (κ2) is 5.58. The van der Waals surface area contributed by atoms with E-state index < -0.39 is 0 Å². The average Bonchev–Trinajstić information content (AvgIpc) is 2.32. The van der Waals surface area contributed by atoms with Crippen LogP contribution >= 0.6 is 27.7 Å². The molecule has 4 nitrogen and oxygen atoms in total. The van der Waals surface area contributed by atoms with Crippen molar-refractivity contribution >= 4 is 33.5 Å². The van der Waals surface area contributed by atoms with E-state index in [9.17, 15) is 0 Å². The molecule has 1 heterocycles. The highest BCUT2D eigenvalue weighted by Gasteiger charge is 2.06. The molecule has 0 aliphatic rings. The first-order chi connectivity index (χ1) is 8.58. The number of thioether (sulfide) groups is 1. The second-order valence-corrected chi connectivity index (χ2v) is 5.32. The normalized spacial score (nSPS) is 10.4. The van der Waals surface area contributed by atoms with Gasteiger partial charge in [-0.25, -0.2) is 4.98 Å². The van der Waals surface area contributed by atoms with Gasteiger partial charge < -0.3 is 10.5 Å². The lowest BCUT2D eigenvalue weighted by Crippen LogP contribution is -1.97. The minimum atomic E-state index is 0.402. The number of benzene rings is 1. The van der Waals surface area contributed by atoms with E-state index in [1.54, 1.807) is 6.07 Å². The van der Waals surface area contributed by atoms with Gasteiger partial charge in [0, 0.05) is 10.5 Å². The summed E-state index contributed by atoms with van der Waals surface area (Å²) in [7, 11) is 0. The molecule has 0 saturated heterocycles. The average molecular weight is 326 g/mol. The molecule has 0 spiro atoms. The zero-order valence-electron chi connectivity index (χ0n) is 9.98. The lowest BCUT2D eigenvalue weighted by atomic mass is 10.2. The van der Waals surface area contributed by atoms with Crippen LogP contribution < -0.4 is 10.5 Å². The van der Waals surface area contributed by atoms with Gasteiger partial charge in [-0.1, -0.05) is 27.7 Å². The molecule has 0 saturated carbocycles. The number of ether oxygens (including phenoxy) is 1. The van der Waals surface area contributed by atoms with Gasteiger partial charge in [0.15, 0.2) is 5.16 Å². The van der Waals surface area contributed by atoms with Crippen LogP contribution in [0.5, 0.6) is 11.6 Å². The van der Waals surface area contributed by atoms with Crippen LogP contribution in [0.3, 0.4) is 0 Å². The molecule has 0 unspecified atom stereocenters. The molecule has 0 atom stereocenters. The van der Waals surface area contributed by atoms with Gasteiger partial charge in [0.25, 0.3) is 0 Å². The maximum Gasteiger partial charge on any atom is 0.225 e. The van der Waals surface area contributed by atoms with E-state index in [1.165, 1.54) is 11.8 Å². The molecule has 0 bridgehead atoms. The summed E-state index contributed by atoms with van der Waals surface area (Å²) in [5.41, 5.74) is 6.72. The number of nitrogen functional groups attached to an aromatic ring is 1. The third kappa shape index (κ3) is 3.14. The fourth-order valence-electron chi connectivity index (χ4n) is 1.40. The van der Waals surface area contributed by atoms with E-state index in [0.717, 1.165) is 15.8 Å². The smallest absolute Gasteiger partial charge is 0.225 e. The minimum Gasteiger partial charge on any atom is -0.439 e. The van der Waals surface area contributed by atoms with Gasteiger partial charge >= 0.3 is 0 Å². The first kappa shape index (κ1) is 13.2. The van der Waals surface area contributed by atoms with Crippen molar-refractivity contribution in [2.75, 3.05) is 12.0 Å². The van der Waals surface area contributed by atoms with Crippen LogP contribution in [0.1, 0.15) is 5.56 Å². The number of aryl methyl sites for hydroxylation is 1. The molecule has 94 valence electrons. The lowest BCUT2D eigenvalue weighted by molar-refractivity contribution is 0.453. The quantitative estimate of drug-likeness (QED) is 0.689. The number of nitrogens with two attached hydrogens (primary N) is 1. The van der Waals surface area contributed by atoms with Gasteiger partial charge in [-0.3, -0.25) is 0 Å². The van der Waals surface area contributed by atoms with Gasteiger partial charge in [-0.05, 0) is 36.9 Å². The number of hydrogen-bond acceptors (Lipinski definition) is 5. The number of hydrogen-bond donors (Lipinski definition) is 1. The van der Waals surface area contributed by atoms with Gasteiger partial charge in [0.05, 0.1) is 0 Å². The van der Waals surface area contributed by atoms with Gasteiger partial charge in [0.2, 0.25) is 5.88 Å². The summed E-state index contributed by atoms with van der Waals surface area (Å²) >= 11 is 4.84. The Labute approximate surface area is 118 Å². The van der Waals surface area contributed by atoms with E-state index >= 15 is 0 Å². The van der Waals surface area contributed by atoms with Crippen molar-refractivity contribution in [3.63, 3.8) is 0 Å². The van der Waals surface area contributed by atoms with Crippen molar-refractivity contribution in [3.05, 3.63) is 34.3 Å². The van der Waals surface area contributed by atoms with Gasteiger partial charge in [-0.2, -0.15) is 4.98 Å². The summed E-state index contributed by atoms with van der Waals surface area (Å²) in [6.07, 6.45) is 1.89. The Bertz CT molecular complexity index is 577. The van der Waals surface area contributed by atoms with Crippen LogP contribution in [-0.2, 0) is 0 Å². The van der Waals surface area contributed by atoms with Crippen molar-refractivity contribution in [2.45, 2.75) is 12.1 Å². The highest BCUT2D eigenvalue weighted by atomic mass is 79.9. The van der Waals surface area contributed by atoms with Crippen LogP contribution in [0.4, 0.5) is 5.82 Å². The van der Waals surface area contributed by atoms with Crippen molar-refractivity contribution in [1.29, 1.82) is 0 Å². The molecular formula is C12H12BrN3OS. The molecule has 2 rings (SSSR count). The van der Waals surface area contributed by atoms with E-state index in [4.69, 9.17) is 10.5 Å². The monoisotopic (exact) mass is 325 g/mol. The third-order valence-electron chi connectivity index (χ3n) is 2.24. The summed E-state index contributed by atoms with van der Waals surface area (Å²) in [6, 6.07) is 7.40. The summed E-state index contributed by atoms with van der Waals surface area (Å²) in [5.74, 6) is 1.61. The Morgan fingerprint density at radius 3 is 2.72 bits per heavy atom. The van der Waals surface area contributed by atoms with E-state index in [-0.39, 0.29) is 0 Å². The Morgan fingerprint density at radius 1 is 1.28 bits per heavy atom. The van der Waals surface area contributed by atoms with Crippen LogP contribution in [0.2, 0.25) is 0 Å². The largest absolute Gasteiger partial charge is 0.439 e. The summed E-state index contributed by atoms with van der Waals surface area (Å²) in [6.45, 7) is 1.97. The second-order valence-electron chi connectivity index (χ2n) is 3.63. The highest BCUT2D eigenvalue weighted by Crippen LogP contribution is 2.27.